The van der Waals surface area contributed by atoms with Gasteiger partial charge in [0, 0.05) is 0 Å². The van der Waals surface area contributed by atoms with Crippen molar-refractivity contribution in [1.29, 1.82) is 0 Å². The molecule has 0 bridgehead atoms. The monoisotopic (exact) mass is 234 g/mol. The van der Waals surface area contributed by atoms with Crippen LogP contribution in [-0.4, -0.2) is 37.9 Å². The SMILES string of the molecule is CC(=O)CNC(=O)NC1CCCS1(=O)=O. The van der Waals surface area contributed by atoms with Crippen LogP contribution < -0.4 is 10.6 Å². The number of rotatable bonds is 3. The molecule has 0 aromatic carbocycles. The summed E-state index contributed by atoms with van der Waals surface area (Å²) in [7, 11) is -3.18. The second-order valence-electron chi connectivity index (χ2n) is 3.53. The van der Waals surface area contributed by atoms with Crippen molar-refractivity contribution in [1.82, 2.24) is 10.6 Å². The number of Topliss-reactive ketones (excluding diaryl/α,β-unsaturated/α-hetero) is 1. The Hall–Kier alpha value is -1.11. The molecule has 1 unspecified atom stereocenters. The Morgan fingerprint density at radius 1 is 1.40 bits per heavy atom. The van der Waals surface area contributed by atoms with Gasteiger partial charge in [-0.15, -0.1) is 0 Å². The molecular formula is C8H14N2O4S. The van der Waals surface area contributed by atoms with E-state index in [1.54, 1.807) is 0 Å². The number of hydrogen-bond acceptors (Lipinski definition) is 4. The largest absolute Gasteiger partial charge is 0.331 e. The lowest BCUT2D eigenvalue weighted by Gasteiger charge is -2.11. The zero-order valence-corrected chi connectivity index (χ0v) is 9.26. The van der Waals surface area contributed by atoms with E-state index < -0.39 is 21.2 Å². The molecule has 1 heterocycles. The Kier molecular flexibility index (Phi) is 3.67. The number of sulfone groups is 1. The third-order valence-corrected chi connectivity index (χ3v) is 4.20. The van der Waals surface area contributed by atoms with Crippen LogP contribution in [0.5, 0.6) is 0 Å². The van der Waals surface area contributed by atoms with Crippen LogP contribution in [0.25, 0.3) is 0 Å². The van der Waals surface area contributed by atoms with Gasteiger partial charge in [-0.3, -0.25) is 4.79 Å². The summed E-state index contributed by atoms with van der Waals surface area (Å²) >= 11 is 0. The summed E-state index contributed by atoms with van der Waals surface area (Å²) in [5, 5.41) is 3.82. The Morgan fingerprint density at radius 2 is 2.07 bits per heavy atom. The fraction of sp³-hybridized carbons (Fsp3) is 0.750. The predicted molar refractivity (Wildman–Crippen MR) is 54.0 cm³/mol. The van der Waals surface area contributed by atoms with Gasteiger partial charge in [-0.2, -0.15) is 0 Å². The second-order valence-corrected chi connectivity index (χ2v) is 5.83. The summed E-state index contributed by atoms with van der Waals surface area (Å²) in [5.74, 6) is -0.0654. The van der Waals surface area contributed by atoms with Gasteiger partial charge in [-0.25, -0.2) is 13.2 Å². The molecule has 0 aliphatic carbocycles. The summed E-state index contributed by atoms with van der Waals surface area (Å²) in [5.41, 5.74) is 0. The molecular weight excluding hydrogens is 220 g/mol. The molecule has 1 atom stereocenters. The normalized spacial score (nSPS) is 23.4. The van der Waals surface area contributed by atoms with Gasteiger partial charge in [0.25, 0.3) is 0 Å². The van der Waals surface area contributed by atoms with E-state index in [-0.39, 0.29) is 18.1 Å². The van der Waals surface area contributed by atoms with Crippen LogP contribution in [-0.2, 0) is 14.6 Å². The first-order chi connectivity index (χ1) is 6.92. The summed E-state index contributed by atoms with van der Waals surface area (Å²) in [6.07, 6.45) is 1.01. The predicted octanol–water partition coefficient (Wildman–Crippen LogP) is -0.591. The molecule has 86 valence electrons. The molecule has 2 amide bonds. The molecule has 1 rings (SSSR count). The molecule has 7 heteroatoms. The number of carbonyl (C=O) groups excluding carboxylic acids is 2. The molecule has 1 saturated heterocycles. The maximum absolute atomic E-state index is 11.3. The van der Waals surface area contributed by atoms with E-state index in [9.17, 15) is 18.0 Å². The van der Waals surface area contributed by atoms with Gasteiger partial charge in [0.2, 0.25) is 0 Å². The van der Waals surface area contributed by atoms with E-state index >= 15 is 0 Å². The second kappa shape index (κ2) is 4.61. The fourth-order valence-corrected chi connectivity index (χ4v) is 3.02. The average molecular weight is 234 g/mol. The van der Waals surface area contributed by atoms with E-state index in [0.717, 1.165) is 0 Å². The van der Waals surface area contributed by atoms with E-state index in [2.05, 4.69) is 10.6 Å². The molecule has 0 radical (unpaired) electrons. The Labute approximate surface area is 88.3 Å². The molecule has 1 aliphatic rings. The molecule has 1 aliphatic heterocycles. The minimum absolute atomic E-state index is 0.0847. The highest BCUT2D eigenvalue weighted by Crippen LogP contribution is 2.17. The van der Waals surface area contributed by atoms with Crippen LogP contribution in [0.3, 0.4) is 0 Å². The number of hydrogen-bond donors (Lipinski definition) is 2. The summed E-state index contributed by atoms with van der Waals surface area (Å²) < 4.78 is 22.7. The van der Waals surface area contributed by atoms with E-state index in [1.807, 2.05) is 0 Å². The fourth-order valence-electron chi connectivity index (χ4n) is 1.36. The summed E-state index contributed by atoms with van der Waals surface area (Å²) in [4.78, 5) is 21.7. The molecule has 2 N–H and O–H groups in total. The smallest absolute Gasteiger partial charge is 0.316 e. The number of carbonyl (C=O) groups is 2. The van der Waals surface area contributed by atoms with Crippen LogP contribution in [0.4, 0.5) is 4.79 Å². The zero-order valence-electron chi connectivity index (χ0n) is 8.45. The van der Waals surface area contributed by atoms with Crippen LogP contribution in [0.1, 0.15) is 19.8 Å². The third-order valence-electron chi connectivity index (χ3n) is 2.12. The van der Waals surface area contributed by atoms with Crippen LogP contribution in [0, 0.1) is 0 Å². The van der Waals surface area contributed by atoms with Gasteiger partial charge >= 0.3 is 6.03 Å². The highest BCUT2D eigenvalue weighted by molar-refractivity contribution is 7.92. The lowest BCUT2D eigenvalue weighted by molar-refractivity contribution is -0.116. The minimum Gasteiger partial charge on any atom is -0.331 e. The maximum Gasteiger partial charge on any atom is 0.316 e. The lowest BCUT2D eigenvalue weighted by Crippen LogP contribution is -2.45. The van der Waals surface area contributed by atoms with Crippen molar-refractivity contribution >= 4 is 21.7 Å². The highest BCUT2D eigenvalue weighted by Gasteiger charge is 2.32. The summed E-state index contributed by atoms with van der Waals surface area (Å²) in [6.45, 7) is 1.26. The number of ketones is 1. The molecule has 0 spiro atoms. The Balaban J connectivity index is 2.42. The van der Waals surface area contributed by atoms with Crippen LogP contribution in [0.15, 0.2) is 0 Å². The zero-order chi connectivity index (χ0) is 11.5. The average Bonchev–Trinajstić information content (AvgIpc) is 2.43. The highest BCUT2D eigenvalue weighted by atomic mass is 32.2. The van der Waals surface area contributed by atoms with Crippen molar-refractivity contribution in [3.8, 4) is 0 Å². The molecule has 0 aromatic heterocycles. The molecule has 0 saturated carbocycles. The molecule has 15 heavy (non-hydrogen) atoms. The number of amides is 2. The molecule has 1 fully saturated rings. The Bertz CT molecular complexity index is 363. The lowest BCUT2D eigenvalue weighted by atomic mass is 10.3. The quantitative estimate of drug-likeness (QED) is 0.682. The maximum atomic E-state index is 11.3. The van der Waals surface area contributed by atoms with Crippen molar-refractivity contribution in [3.63, 3.8) is 0 Å². The standard InChI is InChI=1S/C8H14N2O4S/c1-6(11)5-9-8(12)10-7-3-2-4-15(7,13)14/h7H,2-5H2,1H3,(H2,9,10,12). The van der Waals surface area contributed by atoms with Gasteiger partial charge in [-0.1, -0.05) is 0 Å². The minimum atomic E-state index is -3.18. The first kappa shape index (κ1) is 12.0. The van der Waals surface area contributed by atoms with Crippen molar-refractivity contribution in [2.24, 2.45) is 0 Å². The number of nitrogens with one attached hydrogen (secondary N) is 2. The van der Waals surface area contributed by atoms with E-state index in [1.165, 1.54) is 6.92 Å². The summed E-state index contributed by atoms with van der Waals surface area (Å²) in [6, 6.07) is -0.610. The first-order valence-electron chi connectivity index (χ1n) is 4.67. The van der Waals surface area contributed by atoms with Gasteiger partial charge in [0.1, 0.15) is 11.2 Å². The van der Waals surface area contributed by atoms with Gasteiger partial charge in [0.05, 0.1) is 12.3 Å². The van der Waals surface area contributed by atoms with Crippen molar-refractivity contribution < 1.29 is 18.0 Å². The molecule has 0 aromatic rings. The third kappa shape index (κ3) is 3.50. The van der Waals surface area contributed by atoms with E-state index in [4.69, 9.17) is 0 Å². The van der Waals surface area contributed by atoms with Crippen molar-refractivity contribution in [2.45, 2.75) is 25.1 Å². The van der Waals surface area contributed by atoms with Crippen molar-refractivity contribution in [3.05, 3.63) is 0 Å². The Morgan fingerprint density at radius 3 is 2.53 bits per heavy atom. The van der Waals surface area contributed by atoms with Crippen molar-refractivity contribution in [2.75, 3.05) is 12.3 Å². The first-order valence-corrected chi connectivity index (χ1v) is 6.39. The van der Waals surface area contributed by atoms with Crippen LogP contribution >= 0.6 is 0 Å². The topological polar surface area (TPSA) is 92.3 Å². The van der Waals surface area contributed by atoms with Crippen LogP contribution in [0.2, 0.25) is 0 Å². The van der Waals surface area contributed by atoms with Gasteiger partial charge in [-0.05, 0) is 19.8 Å². The molecule has 6 nitrogen and oxygen atoms in total. The van der Waals surface area contributed by atoms with Gasteiger partial charge in [0.15, 0.2) is 9.84 Å². The number of urea groups is 1. The van der Waals surface area contributed by atoms with E-state index in [0.29, 0.717) is 12.8 Å². The van der Waals surface area contributed by atoms with Gasteiger partial charge < -0.3 is 10.6 Å².